The van der Waals surface area contributed by atoms with Crippen molar-refractivity contribution in [3.8, 4) is 23.7 Å². The van der Waals surface area contributed by atoms with Gasteiger partial charge in [-0.25, -0.2) is 0 Å². The third-order valence-corrected chi connectivity index (χ3v) is 4.09. The van der Waals surface area contributed by atoms with Crippen LogP contribution in [0.15, 0.2) is 0 Å². The maximum absolute atomic E-state index is 10.4. The average molecular weight is 333 g/mol. The lowest BCUT2D eigenvalue weighted by Crippen LogP contribution is -1.93. The smallest absolute Gasteiger partial charge is 0.303 e. The maximum atomic E-state index is 10.4. The third kappa shape index (κ3) is 20.6. The zero-order chi connectivity index (χ0) is 17.7. The van der Waals surface area contributed by atoms with E-state index in [0.29, 0.717) is 6.42 Å². The molecule has 0 aromatic carbocycles. The van der Waals surface area contributed by atoms with Gasteiger partial charge in [0.15, 0.2) is 0 Å². The topological polar surface area (TPSA) is 37.3 Å². The first-order chi connectivity index (χ1) is 11.8. The van der Waals surface area contributed by atoms with Crippen LogP contribution in [0.4, 0.5) is 0 Å². The van der Waals surface area contributed by atoms with Gasteiger partial charge in [0.05, 0.1) is 0 Å². The Balaban J connectivity index is 3.24. The monoisotopic (exact) mass is 332 g/mol. The summed E-state index contributed by atoms with van der Waals surface area (Å²) in [7, 11) is 0. The quantitative estimate of drug-likeness (QED) is 0.281. The number of carboxylic acid groups (broad SMARTS) is 1. The molecule has 0 saturated carbocycles. The molecule has 0 aliphatic carbocycles. The molecule has 0 bridgehead atoms. The fraction of sp³-hybridized carbons (Fsp3) is 0.773. The normalized spacial score (nSPS) is 9.71. The molecule has 24 heavy (non-hydrogen) atoms. The van der Waals surface area contributed by atoms with Crippen LogP contribution in [0.5, 0.6) is 0 Å². The fourth-order valence-electron chi connectivity index (χ4n) is 2.58. The van der Waals surface area contributed by atoms with Gasteiger partial charge in [0.2, 0.25) is 0 Å². The second-order valence-electron chi connectivity index (χ2n) is 6.49. The molecule has 0 atom stereocenters. The van der Waals surface area contributed by atoms with Gasteiger partial charge in [0, 0.05) is 19.3 Å². The predicted octanol–water partition coefficient (Wildman–Crippen LogP) is 6.34. The molecule has 0 heterocycles. The Morgan fingerprint density at radius 1 is 0.667 bits per heavy atom. The van der Waals surface area contributed by atoms with Crippen molar-refractivity contribution < 1.29 is 9.90 Å². The van der Waals surface area contributed by atoms with Crippen LogP contribution in [0.3, 0.4) is 0 Å². The summed E-state index contributed by atoms with van der Waals surface area (Å²) in [5, 5.41) is 8.54. The highest BCUT2D eigenvalue weighted by molar-refractivity contribution is 5.66. The van der Waals surface area contributed by atoms with Gasteiger partial charge in [-0.15, -0.1) is 0 Å². The van der Waals surface area contributed by atoms with Crippen LogP contribution in [-0.4, -0.2) is 11.1 Å². The van der Waals surface area contributed by atoms with Crippen molar-refractivity contribution >= 4 is 5.97 Å². The van der Waals surface area contributed by atoms with Crippen LogP contribution >= 0.6 is 0 Å². The van der Waals surface area contributed by atoms with Gasteiger partial charge in [0.1, 0.15) is 0 Å². The minimum Gasteiger partial charge on any atom is -0.481 e. The van der Waals surface area contributed by atoms with E-state index >= 15 is 0 Å². The Kier molecular flexibility index (Phi) is 18.5. The molecular formula is C22H36O2. The van der Waals surface area contributed by atoms with E-state index in [0.717, 1.165) is 25.7 Å². The van der Waals surface area contributed by atoms with Crippen LogP contribution in [0.1, 0.15) is 110 Å². The van der Waals surface area contributed by atoms with Crippen LogP contribution in [-0.2, 0) is 4.79 Å². The van der Waals surface area contributed by atoms with Crippen LogP contribution in [0.2, 0.25) is 0 Å². The highest BCUT2D eigenvalue weighted by atomic mass is 16.4. The fourth-order valence-corrected chi connectivity index (χ4v) is 2.58. The summed E-state index contributed by atoms with van der Waals surface area (Å²) < 4.78 is 0. The van der Waals surface area contributed by atoms with E-state index in [1.807, 2.05) is 0 Å². The van der Waals surface area contributed by atoms with E-state index in [2.05, 4.69) is 30.6 Å². The summed E-state index contributed by atoms with van der Waals surface area (Å²) in [6, 6.07) is 0. The number of hydrogen-bond donors (Lipinski definition) is 1. The van der Waals surface area contributed by atoms with Gasteiger partial charge < -0.3 is 5.11 Å². The molecule has 0 aromatic heterocycles. The van der Waals surface area contributed by atoms with Gasteiger partial charge in [0.25, 0.3) is 0 Å². The third-order valence-electron chi connectivity index (χ3n) is 4.09. The summed E-state index contributed by atoms with van der Waals surface area (Å²) in [4.78, 5) is 10.4. The van der Waals surface area contributed by atoms with Crippen molar-refractivity contribution in [1.82, 2.24) is 0 Å². The summed E-state index contributed by atoms with van der Waals surface area (Å²) >= 11 is 0. The van der Waals surface area contributed by atoms with Gasteiger partial charge in [-0.2, -0.15) is 0 Å². The Morgan fingerprint density at radius 3 is 1.54 bits per heavy atom. The molecule has 0 aromatic rings. The van der Waals surface area contributed by atoms with Gasteiger partial charge in [-0.05, 0) is 31.1 Å². The molecule has 0 fully saturated rings. The Morgan fingerprint density at radius 2 is 1.08 bits per heavy atom. The van der Waals surface area contributed by atoms with Crippen LogP contribution in [0, 0.1) is 23.7 Å². The zero-order valence-electron chi connectivity index (χ0n) is 15.7. The molecule has 0 spiro atoms. The summed E-state index contributed by atoms with van der Waals surface area (Å²) in [6.45, 7) is 2.24. The number of unbranched alkanes of at least 4 members (excludes halogenated alkanes) is 13. The van der Waals surface area contributed by atoms with E-state index in [9.17, 15) is 4.79 Å². The number of carbonyl (C=O) groups is 1. The van der Waals surface area contributed by atoms with Crippen molar-refractivity contribution in [2.24, 2.45) is 0 Å². The highest BCUT2D eigenvalue weighted by Gasteiger charge is 1.96. The number of rotatable bonds is 15. The molecule has 0 aliphatic heterocycles. The van der Waals surface area contributed by atoms with Crippen molar-refractivity contribution in [1.29, 1.82) is 0 Å². The molecule has 136 valence electrons. The number of carboxylic acids is 1. The van der Waals surface area contributed by atoms with E-state index in [1.165, 1.54) is 70.6 Å². The molecule has 0 rings (SSSR count). The molecule has 2 heteroatoms. The van der Waals surface area contributed by atoms with Gasteiger partial charge >= 0.3 is 5.97 Å². The predicted molar refractivity (Wildman–Crippen MR) is 103 cm³/mol. The van der Waals surface area contributed by atoms with Crippen molar-refractivity contribution in [3.05, 3.63) is 0 Å². The van der Waals surface area contributed by atoms with Gasteiger partial charge in [-0.3, -0.25) is 4.79 Å². The largest absolute Gasteiger partial charge is 0.481 e. The minimum atomic E-state index is -0.673. The molecule has 1 N–H and O–H groups in total. The van der Waals surface area contributed by atoms with Crippen LogP contribution in [0.25, 0.3) is 0 Å². The molecule has 0 radical (unpaired) electrons. The lowest BCUT2D eigenvalue weighted by atomic mass is 10.1. The lowest BCUT2D eigenvalue weighted by Gasteiger charge is -2.00. The van der Waals surface area contributed by atoms with E-state index < -0.39 is 5.97 Å². The maximum Gasteiger partial charge on any atom is 0.303 e. The van der Waals surface area contributed by atoms with E-state index in [4.69, 9.17) is 5.11 Å². The summed E-state index contributed by atoms with van der Waals surface area (Å²) in [6.07, 6.45) is 18.0. The second-order valence-corrected chi connectivity index (χ2v) is 6.49. The first-order valence-electron chi connectivity index (χ1n) is 9.95. The van der Waals surface area contributed by atoms with Crippen LogP contribution < -0.4 is 0 Å². The van der Waals surface area contributed by atoms with E-state index in [1.54, 1.807) is 0 Å². The Hall–Kier alpha value is -1.41. The molecular weight excluding hydrogens is 296 g/mol. The van der Waals surface area contributed by atoms with Gasteiger partial charge in [-0.1, -0.05) is 83.0 Å². The SMILES string of the molecule is CCCCCCCC#CC#CCCCCCCCCCCC(=O)O. The van der Waals surface area contributed by atoms with E-state index in [-0.39, 0.29) is 0 Å². The average Bonchev–Trinajstić information content (AvgIpc) is 2.56. The Labute approximate surface area is 149 Å². The van der Waals surface area contributed by atoms with Crippen molar-refractivity contribution in [2.75, 3.05) is 0 Å². The Bertz CT molecular complexity index is 403. The molecule has 2 nitrogen and oxygen atoms in total. The molecule has 0 aliphatic rings. The minimum absolute atomic E-state index is 0.320. The molecule has 0 saturated heterocycles. The zero-order valence-corrected chi connectivity index (χ0v) is 15.7. The highest BCUT2D eigenvalue weighted by Crippen LogP contribution is 2.10. The van der Waals surface area contributed by atoms with Crippen molar-refractivity contribution in [3.63, 3.8) is 0 Å². The molecule has 0 amide bonds. The first-order valence-corrected chi connectivity index (χ1v) is 9.95. The molecule has 0 unspecified atom stereocenters. The summed E-state index contributed by atoms with van der Waals surface area (Å²) in [5.74, 6) is 11.5. The lowest BCUT2D eigenvalue weighted by molar-refractivity contribution is -0.137. The second kappa shape index (κ2) is 19.6. The summed E-state index contributed by atoms with van der Waals surface area (Å²) in [5.41, 5.74) is 0. The number of aliphatic carboxylic acids is 1. The van der Waals surface area contributed by atoms with Crippen molar-refractivity contribution in [2.45, 2.75) is 110 Å². The standard InChI is InChI=1S/C22H36O2/c1-2-3-4-5-6-7-8-9-10-11-12-13-14-15-16-17-18-19-20-21-22(23)24/h2-7,12-21H2,1H3,(H,23,24). The first kappa shape index (κ1) is 22.6. The number of hydrogen-bond acceptors (Lipinski definition) is 1.